The molecule has 2 atom stereocenters. The van der Waals surface area contributed by atoms with Crippen molar-refractivity contribution in [2.75, 3.05) is 0 Å². The Morgan fingerprint density at radius 1 is 1.06 bits per heavy atom. The molecule has 1 aliphatic heterocycles. The topological polar surface area (TPSA) is 28.0 Å². The Morgan fingerprint density at radius 2 is 1.56 bits per heavy atom. The van der Waals surface area contributed by atoms with Crippen molar-refractivity contribution in [3.8, 4) is 0 Å². The second-order valence-electron chi connectivity index (χ2n) is 7.52. The van der Waals surface area contributed by atoms with Crippen molar-refractivity contribution in [1.29, 1.82) is 0 Å². The average Bonchev–Trinajstić information content (AvgIpc) is 2.60. The molecule has 4 heteroatoms. The minimum absolute atomic E-state index is 0.0230. The lowest BCUT2D eigenvalue weighted by Gasteiger charge is -2.44. The molecular formula is C14H28IN3. The highest BCUT2D eigenvalue weighted by Gasteiger charge is 2.50. The number of rotatable bonds is 3. The third-order valence-electron chi connectivity index (χ3n) is 3.94. The molecule has 1 heterocycles. The molecule has 2 unspecified atom stereocenters. The Balaban J connectivity index is 3.14. The molecule has 0 fully saturated rings. The number of alkyl halides is 1. The van der Waals surface area contributed by atoms with Crippen molar-refractivity contribution in [1.82, 2.24) is 5.01 Å². The fraction of sp³-hybridized carbons (Fsp3) is 1.00. The smallest absolute Gasteiger partial charge is 0.101 e. The second-order valence-corrected chi connectivity index (χ2v) is 10.3. The van der Waals surface area contributed by atoms with E-state index in [0.29, 0.717) is 6.04 Å². The first-order chi connectivity index (χ1) is 7.91. The van der Waals surface area contributed by atoms with E-state index in [1.807, 2.05) is 0 Å². The van der Waals surface area contributed by atoms with Gasteiger partial charge in [0.2, 0.25) is 0 Å². The Morgan fingerprint density at radius 3 is 1.89 bits per heavy atom. The van der Waals surface area contributed by atoms with Gasteiger partial charge in [-0.05, 0) is 46.5 Å². The number of hydrogen-bond donors (Lipinski definition) is 0. The van der Waals surface area contributed by atoms with Gasteiger partial charge in [0.05, 0.1) is 11.6 Å². The fourth-order valence-electron chi connectivity index (χ4n) is 2.37. The molecule has 0 aliphatic carbocycles. The summed E-state index contributed by atoms with van der Waals surface area (Å²) in [7, 11) is 0. The van der Waals surface area contributed by atoms with Gasteiger partial charge >= 0.3 is 0 Å². The van der Waals surface area contributed by atoms with Gasteiger partial charge in [-0.15, -0.1) is 0 Å². The van der Waals surface area contributed by atoms with Crippen LogP contribution in [-0.4, -0.2) is 26.1 Å². The first-order valence-corrected chi connectivity index (χ1v) is 7.88. The van der Waals surface area contributed by atoms with Crippen molar-refractivity contribution < 1.29 is 0 Å². The molecular weight excluding hydrogens is 337 g/mol. The van der Waals surface area contributed by atoms with E-state index in [2.05, 4.69) is 93.3 Å². The highest BCUT2D eigenvalue weighted by molar-refractivity contribution is 14.1. The van der Waals surface area contributed by atoms with Crippen LogP contribution in [0.5, 0.6) is 0 Å². The SMILES string of the molecule is CCC(C)(C)C1N=NN(C(C)(C)C)C1C(C)(C)I. The summed E-state index contributed by atoms with van der Waals surface area (Å²) in [6.07, 6.45) is 1.12. The lowest BCUT2D eigenvalue weighted by Crippen LogP contribution is -2.56. The predicted octanol–water partition coefficient (Wildman–Crippen LogP) is 4.85. The van der Waals surface area contributed by atoms with Crippen molar-refractivity contribution in [3.63, 3.8) is 0 Å². The van der Waals surface area contributed by atoms with Crippen LogP contribution in [0.3, 0.4) is 0 Å². The number of halogens is 1. The van der Waals surface area contributed by atoms with Gasteiger partial charge in [0.25, 0.3) is 0 Å². The minimum Gasteiger partial charge on any atom is -0.267 e. The van der Waals surface area contributed by atoms with Gasteiger partial charge in [-0.25, -0.2) is 0 Å². The minimum atomic E-state index is 0.0230. The van der Waals surface area contributed by atoms with Gasteiger partial charge in [0.15, 0.2) is 0 Å². The molecule has 0 saturated carbocycles. The lowest BCUT2D eigenvalue weighted by atomic mass is 9.75. The van der Waals surface area contributed by atoms with Gasteiger partial charge in [0, 0.05) is 3.42 Å². The molecule has 0 spiro atoms. The van der Waals surface area contributed by atoms with Gasteiger partial charge in [-0.3, -0.25) is 5.01 Å². The first kappa shape index (κ1) is 16.2. The molecule has 0 N–H and O–H groups in total. The van der Waals surface area contributed by atoms with Crippen LogP contribution in [-0.2, 0) is 0 Å². The van der Waals surface area contributed by atoms with E-state index >= 15 is 0 Å². The molecule has 0 amide bonds. The van der Waals surface area contributed by atoms with Crippen molar-refractivity contribution in [2.24, 2.45) is 15.8 Å². The largest absolute Gasteiger partial charge is 0.267 e. The molecule has 1 rings (SSSR count). The zero-order valence-electron chi connectivity index (χ0n) is 13.1. The maximum Gasteiger partial charge on any atom is 0.101 e. The molecule has 0 saturated heterocycles. The Hall–Kier alpha value is 0.130. The van der Waals surface area contributed by atoms with E-state index in [1.165, 1.54) is 0 Å². The van der Waals surface area contributed by atoms with Crippen LogP contribution in [0.1, 0.15) is 61.8 Å². The maximum atomic E-state index is 4.62. The highest BCUT2D eigenvalue weighted by atomic mass is 127. The second kappa shape index (κ2) is 4.91. The van der Waals surface area contributed by atoms with Gasteiger partial charge in [0.1, 0.15) is 6.04 Å². The summed E-state index contributed by atoms with van der Waals surface area (Å²) in [5.41, 5.74) is 0.214. The number of hydrogen-bond acceptors (Lipinski definition) is 3. The number of nitrogens with zero attached hydrogens (tertiary/aromatic N) is 3. The zero-order chi connectivity index (χ0) is 14.4. The van der Waals surface area contributed by atoms with Gasteiger partial charge in [-0.1, -0.05) is 48.6 Å². The van der Waals surface area contributed by atoms with Crippen LogP contribution < -0.4 is 0 Å². The molecule has 3 nitrogen and oxygen atoms in total. The third kappa shape index (κ3) is 3.17. The summed E-state index contributed by atoms with van der Waals surface area (Å²) in [5.74, 6) is 0. The summed E-state index contributed by atoms with van der Waals surface area (Å²) in [6, 6.07) is 0.627. The summed E-state index contributed by atoms with van der Waals surface area (Å²) < 4.78 is 0.144. The van der Waals surface area contributed by atoms with E-state index in [4.69, 9.17) is 0 Å². The van der Waals surface area contributed by atoms with Crippen LogP contribution in [0.25, 0.3) is 0 Å². The predicted molar refractivity (Wildman–Crippen MR) is 86.2 cm³/mol. The Bertz CT molecular complexity index is 323. The molecule has 0 aromatic carbocycles. The summed E-state index contributed by atoms with van der Waals surface area (Å²) in [4.78, 5) is 0. The molecule has 18 heavy (non-hydrogen) atoms. The third-order valence-corrected chi connectivity index (χ3v) is 4.58. The average molecular weight is 365 g/mol. The molecule has 0 radical (unpaired) electrons. The normalized spacial score (nSPS) is 25.9. The van der Waals surface area contributed by atoms with E-state index in [-0.39, 0.29) is 20.4 Å². The molecule has 106 valence electrons. The lowest BCUT2D eigenvalue weighted by molar-refractivity contribution is 0.0635. The highest BCUT2D eigenvalue weighted by Crippen LogP contribution is 2.44. The van der Waals surface area contributed by atoms with Gasteiger partial charge < -0.3 is 0 Å². The van der Waals surface area contributed by atoms with Gasteiger partial charge in [-0.2, -0.15) is 5.11 Å². The Labute approximate surface area is 126 Å². The van der Waals surface area contributed by atoms with E-state index < -0.39 is 0 Å². The first-order valence-electron chi connectivity index (χ1n) is 6.80. The van der Waals surface area contributed by atoms with Crippen LogP contribution in [0, 0.1) is 5.41 Å². The van der Waals surface area contributed by atoms with Crippen LogP contribution >= 0.6 is 22.6 Å². The summed E-state index contributed by atoms with van der Waals surface area (Å²) in [5, 5.41) is 11.3. The Kier molecular flexibility index (Phi) is 4.41. The van der Waals surface area contributed by atoms with E-state index in [0.717, 1.165) is 6.42 Å². The van der Waals surface area contributed by atoms with Crippen molar-refractivity contribution >= 4 is 22.6 Å². The van der Waals surface area contributed by atoms with Crippen LogP contribution in [0.4, 0.5) is 0 Å². The van der Waals surface area contributed by atoms with E-state index in [1.54, 1.807) is 0 Å². The molecule has 0 aromatic rings. The molecule has 1 aliphatic rings. The van der Waals surface area contributed by atoms with Crippen molar-refractivity contribution in [2.45, 2.75) is 82.9 Å². The zero-order valence-corrected chi connectivity index (χ0v) is 15.2. The molecule has 0 aromatic heterocycles. The quantitative estimate of drug-likeness (QED) is 0.519. The fourth-order valence-corrected chi connectivity index (χ4v) is 2.98. The summed E-state index contributed by atoms with van der Waals surface area (Å²) in [6.45, 7) is 18.1. The maximum absolute atomic E-state index is 4.62. The van der Waals surface area contributed by atoms with Crippen LogP contribution in [0.15, 0.2) is 10.3 Å². The van der Waals surface area contributed by atoms with E-state index in [9.17, 15) is 0 Å². The standard InChI is InChI=1S/C14H28IN3/c1-9-13(5,6)10-11(14(7,8)15)18(17-16-10)12(2,3)4/h10-11H,9H2,1-8H3. The molecule has 0 bridgehead atoms. The summed E-state index contributed by atoms with van der Waals surface area (Å²) >= 11 is 2.54. The van der Waals surface area contributed by atoms with Crippen LogP contribution in [0.2, 0.25) is 0 Å². The monoisotopic (exact) mass is 365 g/mol. The van der Waals surface area contributed by atoms with Crippen molar-refractivity contribution in [3.05, 3.63) is 0 Å².